The third-order valence-electron chi connectivity index (χ3n) is 3.39. The Hall–Kier alpha value is -1.40. The number of piperidine rings is 1. The van der Waals surface area contributed by atoms with Crippen LogP contribution in [0.4, 0.5) is 0 Å². The number of nitrogens with zero attached hydrogens (tertiary/aromatic N) is 1. The lowest BCUT2D eigenvalue weighted by molar-refractivity contribution is -0.117. The Kier molecular flexibility index (Phi) is 4.21. The van der Waals surface area contributed by atoms with Crippen molar-refractivity contribution >= 4 is 15.9 Å². The standard InChI is InChI=1S/C13H18N2O3S/c1-2-13(16)14-11-7-9-15(10-8-11)19(17,18)12-5-3-4-6-12/h2-5,11H,1,6-10H2,(H,14,16). The molecule has 19 heavy (non-hydrogen) atoms. The summed E-state index contributed by atoms with van der Waals surface area (Å²) in [6.07, 6.45) is 8.25. The van der Waals surface area contributed by atoms with Crippen LogP contribution in [0.1, 0.15) is 19.3 Å². The van der Waals surface area contributed by atoms with Crippen LogP contribution in [0.5, 0.6) is 0 Å². The van der Waals surface area contributed by atoms with Gasteiger partial charge in [-0.1, -0.05) is 18.7 Å². The fraction of sp³-hybridized carbons (Fsp3) is 0.462. The van der Waals surface area contributed by atoms with Gasteiger partial charge in [-0.25, -0.2) is 8.42 Å². The molecule has 1 fully saturated rings. The Balaban J connectivity index is 1.93. The Labute approximate surface area is 113 Å². The predicted molar refractivity (Wildman–Crippen MR) is 73.7 cm³/mol. The molecule has 1 aliphatic carbocycles. The van der Waals surface area contributed by atoms with Gasteiger partial charge in [-0.2, -0.15) is 4.31 Å². The van der Waals surface area contributed by atoms with E-state index in [9.17, 15) is 13.2 Å². The lowest BCUT2D eigenvalue weighted by Crippen LogP contribution is -2.46. The molecular formula is C13H18N2O3S. The third kappa shape index (κ3) is 3.13. The predicted octanol–water partition coefficient (Wildman–Crippen LogP) is 0.927. The molecule has 0 unspecified atom stereocenters. The SMILES string of the molecule is C=CC(=O)NC1CCN(S(=O)(=O)C2=CC=CC2)CC1. The van der Waals surface area contributed by atoms with Crippen LogP contribution in [0.3, 0.4) is 0 Å². The zero-order valence-corrected chi connectivity index (χ0v) is 11.5. The lowest BCUT2D eigenvalue weighted by Gasteiger charge is -2.31. The molecule has 0 aromatic rings. The van der Waals surface area contributed by atoms with Gasteiger partial charge >= 0.3 is 0 Å². The number of amides is 1. The molecule has 0 radical (unpaired) electrons. The van der Waals surface area contributed by atoms with Crippen molar-refractivity contribution in [3.05, 3.63) is 35.8 Å². The minimum Gasteiger partial charge on any atom is -0.350 e. The van der Waals surface area contributed by atoms with Crippen LogP contribution in [0.2, 0.25) is 0 Å². The maximum atomic E-state index is 12.3. The number of hydrogen-bond acceptors (Lipinski definition) is 3. The summed E-state index contributed by atoms with van der Waals surface area (Å²) in [6.45, 7) is 4.29. The van der Waals surface area contributed by atoms with Gasteiger partial charge in [0.2, 0.25) is 15.9 Å². The Morgan fingerprint density at radius 3 is 2.63 bits per heavy atom. The fourth-order valence-corrected chi connectivity index (χ4v) is 3.87. The van der Waals surface area contributed by atoms with E-state index in [0.29, 0.717) is 37.3 Å². The van der Waals surface area contributed by atoms with E-state index < -0.39 is 10.0 Å². The number of rotatable bonds is 4. The van der Waals surface area contributed by atoms with Crippen LogP contribution >= 0.6 is 0 Å². The van der Waals surface area contributed by atoms with Crippen molar-refractivity contribution in [2.45, 2.75) is 25.3 Å². The summed E-state index contributed by atoms with van der Waals surface area (Å²) in [5.74, 6) is -0.205. The first-order chi connectivity index (χ1) is 9.04. The molecule has 104 valence electrons. The highest BCUT2D eigenvalue weighted by molar-refractivity contribution is 7.93. The highest BCUT2D eigenvalue weighted by Crippen LogP contribution is 2.24. The average Bonchev–Trinajstić information content (AvgIpc) is 2.94. The molecule has 5 nitrogen and oxygen atoms in total. The van der Waals surface area contributed by atoms with Gasteiger partial charge in [0.15, 0.2) is 0 Å². The second kappa shape index (κ2) is 5.71. The zero-order valence-electron chi connectivity index (χ0n) is 10.7. The number of allylic oxidation sites excluding steroid dienone is 4. The van der Waals surface area contributed by atoms with Crippen molar-refractivity contribution in [2.24, 2.45) is 0 Å². The summed E-state index contributed by atoms with van der Waals surface area (Å²) >= 11 is 0. The molecule has 6 heteroatoms. The topological polar surface area (TPSA) is 66.5 Å². The number of carbonyl (C=O) groups excluding carboxylic acids is 1. The van der Waals surface area contributed by atoms with Crippen LogP contribution in [-0.2, 0) is 14.8 Å². The van der Waals surface area contributed by atoms with Gasteiger partial charge in [-0.05, 0) is 25.0 Å². The highest BCUT2D eigenvalue weighted by atomic mass is 32.2. The molecule has 0 aromatic heterocycles. The van der Waals surface area contributed by atoms with Crippen LogP contribution in [0.25, 0.3) is 0 Å². The van der Waals surface area contributed by atoms with Crippen molar-refractivity contribution in [2.75, 3.05) is 13.1 Å². The van der Waals surface area contributed by atoms with Crippen LogP contribution in [0.15, 0.2) is 35.8 Å². The molecular weight excluding hydrogens is 264 g/mol. The lowest BCUT2D eigenvalue weighted by atomic mass is 10.1. The molecule has 1 N–H and O–H groups in total. The molecule has 2 aliphatic rings. The average molecular weight is 282 g/mol. The number of carbonyl (C=O) groups is 1. The molecule has 1 heterocycles. The Morgan fingerprint density at radius 1 is 1.42 bits per heavy atom. The van der Waals surface area contributed by atoms with Crippen molar-refractivity contribution in [1.29, 1.82) is 0 Å². The van der Waals surface area contributed by atoms with E-state index in [1.165, 1.54) is 10.4 Å². The molecule has 0 spiro atoms. The summed E-state index contributed by atoms with van der Waals surface area (Å²) in [5.41, 5.74) is 0. The first-order valence-electron chi connectivity index (χ1n) is 6.33. The third-order valence-corrected chi connectivity index (χ3v) is 5.40. The normalized spacial score (nSPS) is 21.2. The van der Waals surface area contributed by atoms with E-state index in [4.69, 9.17) is 0 Å². The molecule has 1 aliphatic heterocycles. The summed E-state index contributed by atoms with van der Waals surface area (Å²) in [6, 6.07) is 0.0348. The van der Waals surface area contributed by atoms with E-state index in [1.54, 1.807) is 12.2 Å². The summed E-state index contributed by atoms with van der Waals surface area (Å²) in [5, 5.41) is 2.80. The van der Waals surface area contributed by atoms with Crippen molar-refractivity contribution in [3.8, 4) is 0 Å². The second-order valence-corrected chi connectivity index (χ2v) is 6.65. The fourth-order valence-electron chi connectivity index (χ4n) is 2.29. The summed E-state index contributed by atoms with van der Waals surface area (Å²) < 4.78 is 26.1. The van der Waals surface area contributed by atoms with E-state index in [2.05, 4.69) is 11.9 Å². The van der Waals surface area contributed by atoms with E-state index >= 15 is 0 Å². The molecule has 0 saturated carbocycles. The second-order valence-electron chi connectivity index (χ2n) is 4.66. The van der Waals surface area contributed by atoms with Crippen molar-refractivity contribution in [3.63, 3.8) is 0 Å². The van der Waals surface area contributed by atoms with Gasteiger partial charge < -0.3 is 5.32 Å². The largest absolute Gasteiger partial charge is 0.350 e. The first kappa shape index (κ1) is 14.0. The quantitative estimate of drug-likeness (QED) is 0.780. The van der Waals surface area contributed by atoms with Gasteiger partial charge in [0.1, 0.15) is 0 Å². The smallest absolute Gasteiger partial charge is 0.243 e. The monoisotopic (exact) mass is 282 g/mol. The van der Waals surface area contributed by atoms with Gasteiger partial charge in [0.25, 0.3) is 0 Å². The Morgan fingerprint density at radius 2 is 2.11 bits per heavy atom. The summed E-state index contributed by atoms with van der Waals surface area (Å²) in [4.78, 5) is 11.6. The number of sulfonamides is 1. The van der Waals surface area contributed by atoms with E-state index in [0.717, 1.165) is 0 Å². The van der Waals surface area contributed by atoms with Crippen molar-refractivity contribution < 1.29 is 13.2 Å². The summed E-state index contributed by atoms with van der Waals surface area (Å²) in [7, 11) is -3.32. The van der Waals surface area contributed by atoms with Crippen LogP contribution in [0, 0.1) is 0 Å². The van der Waals surface area contributed by atoms with Gasteiger partial charge in [0, 0.05) is 25.6 Å². The molecule has 1 amide bonds. The molecule has 0 atom stereocenters. The molecule has 2 rings (SSSR count). The number of nitrogens with one attached hydrogen (secondary N) is 1. The molecule has 1 saturated heterocycles. The zero-order chi connectivity index (χ0) is 13.9. The van der Waals surface area contributed by atoms with E-state index in [-0.39, 0.29) is 11.9 Å². The van der Waals surface area contributed by atoms with Crippen LogP contribution < -0.4 is 5.32 Å². The Bertz CT molecular complexity index is 526. The van der Waals surface area contributed by atoms with E-state index in [1.807, 2.05) is 6.08 Å². The minimum absolute atomic E-state index is 0.0348. The molecule has 0 bridgehead atoms. The van der Waals surface area contributed by atoms with Gasteiger partial charge in [-0.3, -0.25) is 4.79 Å². The molecule has 0 aromatic carbocycles. The van der Waals surface area contributed by atoms with Gasteiger partial charge in [0.05, 0.1) is 4.91 Å². The number of hydrogen-bond donors (Lipinski definition) is 1. The maximum Gasteiger partial charge on any atom is 0.243 e. The van der Waals surface area contributed by atoms with Gasteiger partial charge in [-0.15, -0.1) is 0 Å². The first-order valence-corrected chi connectivity index (χ1v) is 7.77. The maximum absolute atomic E-state index is 12.3. The minimum atomic E-state index is -3.32. The highest BCUT2D eigenvalue weighted by Gasteiger charge is 2.31. The van der Waals surface area contributed by atoms with Crippen molar-refractivity contribution in [1.82, 2.24) is 9.62 Å². The van der Waals surface area contributed by atoms with Crippen LogP contribution in [-0.4, -0.2) is 37.8 Å².